The molecule has 3 nitrogen and oxygen atoms in total. The molecule has 3 heterocycles. The van der Waals surface area contributed by atoms with Crippen molar-refractivity contribution in [2.24, 2.45) is 0 Å². The second-order valence-corrected chi connectivity index (χ2v) is 6.48. The minimum Gasteiger partial charge on any atom is -0.344 e. The summed E-state index contributed by atoms with van der Waals surface area (Å²) in [6.07, 6.45) is 3.51. The van der Waals surface area contributed by atoms with Crippen LogP contribution in [0.25, 0.3) is 0 Å². The molecule has 110 valence electrons. The maximum Gasteiger partial charge on any atom is 0.256 e. The third kappa shape index (κ3) is 1.48. The fourth-order valence-electron chi connectivity index (χ4n) is 4.41. The lowest BCUT2D eigenvalue weighted by molar-refractivity contribution is 0.0650. The fraction of sp³-hybridized carbons (Fsp3) is 0.316. The molecule has 2 atom stereocenters. The van der Waals surface area contributed by atoms with Crippen molar-refractivity contribution in [2.75, 3.05) is 11.4 Å². The van der Waals surface area contributed by atoms with Crippen LogP contribution in [0.4, 0.5) is 5.69 Å². The van der Waals surface area contributed by atoms with Crippen molar-refractivity contribution in [1.29, 1.82) is 0 Å². The summed E-state index contributed by atoms with van der Waals surface area (Å²) < 4.78 is 0. The van der Waals surface area contributed by atoms with Gasteiger partial charge in [0.05, 0.1) is 0 Å². The molecule has 0 radical (unpaired) electrons. The second-order valence-electron chi connectivity index (χ2n) is 6.48. The lowest BCUT2D eigenvalue weighted by Crippen LogP contribution is -2.53. The smallest absolute Gasteiger partial charge is 0.256 e. The molecule has 2 aromatic carbocycles. The summed E-state index contributed by atoms with van der Waals surface area (Å²) in [6.45, 7) is 0.877. The Bertz CT molecular complexity index is 770. The molecule has 1 fully saturated rings. The Morgan fingerprint density at radius 3 is 2.73 bits per heavy atom. The molecule has 0 spiro atoms. The van der Waals surface area contributed by atoms with Gasteiger partial charge in [-0.15, -0.1) is 0 Å². The Morgan fingerprint density at radius 1 is 0.955 bits per heavy atom. The predicted molar refractivity (Wildman–Crippen MR) is 85.9 cm³/mol. The number of hydrogen-bond donors (Lipinski definition) is 0. The molecule has 0 bridgehead atoms. The van der Waals surface area contributed by atoms with Gasteiger partial charge in [-0.1, -0.05) is 36.4 Å². The van der Waals surface area contributed by atoms with Crippen LogP contribution in [0.5, 0.6) is 0 Å². The first kappa shape index (κ1) is 12.3. The van der Waals surface area contributed by atoms with Crippen LogP contribution in [0, 0.1) is 0 Å². The van der Waals surface area contributed by atoms with Gasteiger partial charge in [0, 0.05) is 29.4 Å². The van der Waals surface area contributed by atoms with Gasteiger partial charge < -0.3 is 9.80 Å². The van der Waals surface area contributed by atoms with Gasteiger partial charge >= 0.3 is 0 Å². The summed E-state index contributed by atoms with van der Waals surface area (Å²) in [5.41, 5.74) is 4.79. The molecule has 2 aromatic rings. The van der Waals surface area contributed by atoms with Gasteiger partial charge in [0.15, 0.2) is 0 Å². The number of nitrogens with zero attached hydrogens (tertiary/aromatic N) is 2. The predicted octanol–water partition coefficient (Wildman–Crippen LogP) is 3.37. The molecule has 3 aliphatic rings. The van der Waals surface area contributed by atoms with Crippen molar-refractivity contribution in [3.63, 3.8) is 0 Å². The quantitative estimate of drug-likeness (QED) is 0.742. The van der Waals surface area contributed by atoms with Gasteiger partial charge in [-0.05, 0) is 37.0 Å². The number of hydrogen-bond acceptors (Lipinski definition) is 2. The van der Waals surface area contributed by atoms with E-state index in [-0.39, 0.29) is 12.1 Å². The summed E-state index contributed by atoms with van der Waals surface area (Å²) >= 11 is 0. The van der Waals surface area contributed by atoms with Crippen molar-refractivity contribution in [3.05, 3.63) is 65.2 Å². The molecule has 1 amide bonds. The molecule has 3 aliphatic heterocycles. The van der Waals surface area contributed by atoms with E-state index < -0.39 is 0 Å². The SMILES string of the molecule is O=C1c2ccccc2C2N1CCC1CCc3ccccc3N12. The zero-order valence-corrected chi connectivity index (χ0v) is 12.4. The van der Waals surface area contributed by atoms with E-state index in [1.165, 1.54) is 23.2 Å². The highest BCUT2D eigenvalue weighted by molar-refractivity contribution is 5.99. The molecular weight excluding hydrogens is 272 g/mol. The highest BCUT2D eigenvalue weighted by atomic mass is 16.2. The van der Waals surface area contributed by atoms with Gasteiger partial charge in [0.2, 0.25) is 0 Å². The third-order valence-electron chi connectivity index (χ3n) is 5.40. The van der Waals surface area contributed by atoms with E-state index in [4.69, 9.17) is 0 Å². The average molecular weight is 290 g/mol. The van der Waals surface area contributed by atoms with Gasteiger partial charge in [-0.2, -0.15) is 0 Å². The summed E-state index contributed by atoms with van der Waals surface area (Å²) in [7, 11) is 0. The number of fused-ring (bicyclic) bond motifs is 7. The van der Waals surface area contributed by atoms with Crippen molar-refractivity contribution < 1.29 is 4.79 Å². The number of carbonyl (C=O) groups excluding carboxylic acids is 1. The van der Waals surface area contributed by atoms with Crippen molar-refractivity contribution >= 4 is 11.6 Å². The molecular formula is C19H18N2O. The highest BCUT2D eigenvalue weighted by Crippen LogP contribution is 2.46. The van der Waals surface area contributed by atoms with E-state index in [2.05, 4.69) is 46.2 Å². The zero-order chi connectivity index (χ0) is 14.7. The van der Waals surface area contributed by atoms with Gasteiger partial charge in [-0.25, -0.2) is 0 Å². The zero-order valence-electron chi connectivity index (χ0n) is 12.4. The number of rotatable bonds is 0. The summed E-state index contributed by atoms with van der Waals surface area (Å²) in [5, 5.41) is 0. The van der Waals surface area contributed by atoms with Crippen molar-refractivity contribution in [2.45, 2.75) is 31.5 Å². The van der Waals surface area contributed by atoms with E-state index >= 15 is 0 Å². The fourth-order valence-corrected chi connectivity index (χ4v) is 4.41. The van der Waals surface area contributed by atoms with Crippen molar-refractivity contribution in [1.82, 2.24) is 4.90 Å². The molecule has 0 aromatic heterocycles. The molecule has 5 rings (SSSR count). The molecule has 1 saturated heterocycles. The molecule has 0 saturated carbocycles. The normalized spacial score (nSPS) is 25.4. The molecule has 22 heavy (non-hydrogen) atoms. The van der Waals surface area contributed by atoms with Crippen LogP contribution in [0.15, 0.2) is 48.5 Å². The number of anilines is 1. The van der Waals surface area contributed by atoms with Crippen LogP contribution in [0.1, 0.15) is 40.5 Å². The number of aryl methyl sites for hydroxylation is 1. The van der Waals surface area contributed by atoms with Gasteiger partial charge in [0.25, 0.3) is 5.91 Å². The number of amides is 1. The lowest BCUT2D eigenvalue weighted by atomic mass is 9.90. The van der Waals surface area contributed by atoms with Crippen LogP contribution >= 0.6 is 0 Å². The topological polar surface area (TPSA) is 23.6 Å². The maximum absolute atomic E-state index is 12.7. The summed E-state index contributed by atoms with van der Waals surface area (Å²) in [5.74, 6) is 0.196. The van der Waals surface area contributed by atoms with E-state index in [1.54, 1.807) is 0 Å². The van der Waals surface area contributed by atoms with E-state index in [0.29, 0.717) is 6.04 Å². The van der Waals surface area contributed by atoms with Crippen LogP contribution in [0.3, 0.4) is 0 Å². The molecule has 0 N–H and O–H groups in total. The molecule has 2 unspecified atom stereocenters. The van der Waals surface area contributed by atoms with Gasteiger partial charge in [-0.3, -0.25) is 4.79 Å². The third-order valence-corrected chi connectivity index (χ3v) is 5.40. The van der Waals surface area contributed by atoms with Crippen molar-refractivity contribution in [3.8, 4) is 0 Å². The minimum atomic E-state index is 0.0869. The Balaban J connectivity index is 1.70. The number of benzene rings is 2. The lowest BCUT2D eigenvalue weighted by Gasteiger charge is -2.50. The number of para-hydroxylation sites is 1. The standard InChI is InChI=1S/C19H18N2O/c22-19-16-7-3-2-6-15(16)18-20(19)12-11-14-10-9-13-5-1-4-8-17(13)21(14)18/h1-8,14,18H,9-12H2. The van der Waals surface area contributed by atoms with E-state index in [9.17, 15) is 4.79 Å². The maximum atomic E-state index is 12.7. The average Bonchev–Trinajstić information content (AvgIpc) is 2.88. The van der Waals surface area contributed by atoms with Crippen LogP contribution in [0.2, 0.25) is 0 Å². The second kappa shape index (κ2) is 4.35. The van der Waals surface area contributed by atoms with Crippen LogP contribution in [-0.4, -0.2) is 23.4 Å². The van der Waals surface area contributed by atoms with Crippen LogP contribution < -0.4 is 4.90 Å². The summed E-state index contributed by atoms with van der Waals surface area (Å²) in [4.78, 5) is 17.3. The first-order valence-electron chi connectivity index (χ1n) is 8.11. The van der Waals surface area contributed by atoms with E-state index in [0.717, 1.165) is 24.9 Å². The monoisotopic (exact) mass is 290 g/mol. The Morgan fingerprint density at radius 2 is 1.77 bits per heavy atom. The van der Waals surface area contributed by atoms with Crippen LogP contribution in [-0.2, 0) is 6.42 Å². The Hall–Kier alpha value is -2.29. The first-order chi connectivity index (χ1) is 10.8. The van der Waals surface area contributed by atoms with Gasteiger partial charge in [0.1, 0.15) is 6.17 Å². The molecule has 3 heteroatoms. The highest BCUT2D eigenvalue weighted by Gasteiger charge is 2.46. The summed E-state index contributed by atoms with van der Waals surface area (Å²) in [6, 6.07) is 17.3. The van der Waals surface area contributed by atoms with E-state index in [1.807, 2.05) is 12.1 Å². The number of carbonyl (C=O) groups is 1. The Labute approximate surface area is 130 Å². The largest absolute Gasteiger partial charge is 0.344 e. The first-order valence-corrected chi connectivity index (χ1v) is 8.11. The minimum absolute atomic E-state index is 0.0869. The Kier molecular flexibility index (Phi) is 2.43. The molecule has 0 aliphatic carbocycles.